The molecule has 1 heterocycles. The van der Waals surface area contributed by atoms with Crippen LogP contribution in [0.5, 0.6) is 5.75 Å². The third kappa shape index (κ3) is 6.45. The van der Waals surface area contributed by atoms with Crippen LogP contribution in [-0.2, 0) is 27.8 Å². The van der Waals surface area contributed by atoms with Gasteiger partial charge in [-0.15, -0.1) is 0 Å². The molecule has 0 spiro atoms. The Balaban J connectivity index is 1.93. The molecule has 0 saturated heterocycles. The Morgan fingerprint density at radius 3 is 2.65 bits per heavy atom. The number of hydrogen-bond acceptors (Lipinski definition) is 5. The van der Waals surface area contributed by atoms with E-state index in [4.69, 9.17) is 4.74 Å². The van der Waals surface area contributed by atoms with Crippen molar-refractivity contribution < 1.29 is 17.9 Å². The van der Waals surface area contributed by atoms with Crippen LogP contribution in [0.3, 0.4) is 0 Å². The molecule has 0 fully saturated rings. The van der Waals surface area contributed by atoms with Gasteiger partial charge in [-0.05, 0) is 35.7 Å². The van der Waals surface area contributed by atoms with Gasteiger partial charge in [0.25, 0.3) is 0 Å². The lowest BCUT2D eigenvalue weighted by Gasteiger charge is -2.19. The molecule has 0 saturated carbocycles. The Labute approximate surface area is 154 Å². The number of carbonyl (C=O) groups excluding carboxylic acids is 1. The highest BCUT2D eigenvalue weighted by atomic mass is 32.2. The first-order valence-corrected chi connectivity index (χ1v) is 9.97. The Morgan fingerprint density at radius 1 is 1.23 bits per heavy atom. The van der Waals surface area contributed by atoms with E-state index in [9.17, 15) is 13.2 Å². The molecule has 0 aliphatic rings. The largest absolute Gasteiger partial charge is 0.497 e. The first kappa shape index (κ1) is 19.9. The maximum Gasteiger partial charge on any atom is 0.235 e. The highest BCUT2D eigenvalue weighted by molar-refractivity contribution is 7.88. The molecule has 2 aromatic rings. The van der Waals surface area contributed by atoms with Gasteiger partial charge in [0.2, 0.25) is 15.9 Å². The Hall–Kier alpha value is -2.45. The summed E-state index contributed by atoms with van der Waals surface area (Å²) in [6.45, 7) is 0.301. The number of benzene rings is 1. The molecule has 140 valence electrons. The third-order valence-electron chi connectivity index (χ3n) is 3.79. The topological polar surface area (TPSA) is 88.6 Å². The summed E-state index contributed by atoms with van der Waals surface area (Å²) in [7, 11) is -1.92. The minimum absolute atomic E-state index is 0.215. The molecule has 0 atom stereocenters. The van der Waals surface area contributed by atoms with Crippen LogP contribution in [0, 0.1) is 0 Å². The van der Waals surface area contributed by atoms with E-state index in [1.165, 1.54) is 4.31 Å². The van der Waals surface area contributed by atoms with E-state index in [1.54, 1.807) is 25.6 Å². The maximum atomic E-state index is 12.1. The summed E-state index contributed by atoms with van der Waals surface area (Å²) in [5.41, 5.74) is 1.79. The van der Waals surface area contributed by atoms with E-state index in [1.807, 2.05) is 30.3 Å². The smallest absolute Gasteiger partial charge is 0.235 e. The fourth-order valence-electron chi connectivity index (χ4n) is 2.36. The SMILES string of the molecule is COc1cccc(CCN(CC(=O)NCc2cccnc2)S(C)(=O)=O)c1. The fraction of sp³-hybridized carbons (Fsp3) is 0.333. The Morgan fingerprint density at radius 2 is 2.00 bits per heavy atom. The number of sulfonamides is 1. The Kier molecular flexibility index (Phi) is 7.11. The van der Waals surface area contributed by atoms with E-state index >= 15 is 0 Å². The van der Waals surface area contributed by atoms with Crippen LogP contribution in [0.1, 0.15) is 11.1 Å². The molecular formula is C18H23N3O4S. The molecule has 1 N–H and O–H groups in total. The zero-order valence-corrected chi connectivity index (χ0v) is 15.7. The molecule has 1 aromatic heterocycles. The van der Waals surface area contributed by atoms with E-state index in [-0.39, 0.29) is 19.0 Å². The van der Waals surface area contributed by atoms with Crippen molar-refractivity contribution in [3.8, 4) is 5.75 Å². The lowest BCUT2D eigenvalue weighted by molar-refractivity contribution is -0.121. The minimum atomic E-state index is -3.50. The van der Waals surface area contributed by atoms with E-state index in [2.05, 4.69) is 10.3 Å². The quantitative estimate of drug-likeness (QED) is 0.710. The normalized spacial score (nSPS) is 11.3. The predicted octanol–water partition coefficient (Wildman–Crippen LogP) is 1.21. The van der Waals surface area contributed by atoms with Gasteiger partial charge in [0.05, 0.1) is 19.9 Å². The van der Waals surface area contributed by atoms with Crippen LogP contribution >= 0.6 is 0 Å². The molecule has 0 bridgehead atoms. The highest BCUT2D eigenvalue weighted by Gasteiger charge is 2.20. The van der Waals surface area contributed by atoms with Crippen molar-refractivity contribution in [2.45, 2.75) is 13.0 Å². The highest BCUT2D eigenvalue weighted by Crippen LogP contribution is 2.13. The number of rotatable bonds is 9. The van der Waals surface area contributed by atoms with Crippen LogP contribution in [0.15, 0.2) is 48.8 Å². The van der Waals surface area contributed by atoms with Crippen molar-refractivity contribution in [1.29, 1.82) is 0 Å². The Bertz CT molecular complexity index is 825. The lowest BCUT2D eigenvalue weighted by atomic mass is 10.1. The monoisotopic (exact) mass is 377 g/mol. The van der Waals surface area contributed by atoms with Crippen molar-refractivity contribution in [2.24, 2.45) is 0 Å². The second-order valence-corrected chi connectivity index (χ2v) is 7.82. The number of ether oxygens (including phenoxy) is 1. The van der Waals surface area contributed by atoms with Crippen molar-refractivity contribution >= 4 is 15.9 Å². The summed E-state index contributed by atoms with van der Waals surface area (Å²) in [6, 6.07) is 11.0. The molecule has 8 heteroatoms. The molecule has 2 rings (SSSR count). The summed E-state index contributed by atoms with van der Waals surface area (Å²) in [6.07, 6.45) is 4.89. The van der Waals surface area contributed by atoms with E-state index < -0.39 is 10.0 Å². The molecule has 7 nitrogen and oxygen atoms in total. The van der Waals surface area contributed by atoms with Gasteiger partial charge in [-0.2, -0.15) is 4.31 Å². The second kappa shape index (κ2) is 9.30. The zero-order chi connectivity index (χ0) is 19.0. The number of nitrogens with zero attached hydrogens (tertiary/aromatic N) is 2. The van der Waals surface area contributed by atoms with Crippen molar-refractivity contribution in [3.05, 3.63) is 59.9 Å². The summed E-state index contributed by atoms with van der Waals surface area (Å²) >= 11 is 0. The van der Waals surface area contributed by atoms with Crippen LogP contribution in [0.2, 0.25) is 0 Å². The molecular weight excluding hydrogens is 354 g/mol. The van der Waals surface area contributed by atoms with Crippen LogP contribution in [0.25, 0.3) is 0 Å². The van der Waals surface area contributed by atoms with E-state index in [0.29, 0.717) is 18.7 Å². The van der Waals surface area contributed by atoms with Gasteiger partial charge >= 0.3 is 0 Å². The number of carbonyl (C=O) groups is 1. The van der Waals surface area contributed by atoms with Gasteiger partial charge in [-0.25, -0.2) is 8.42 Å². The standard InChI is InChI=1S/C18H23N3O4S/c1-25-17-7-3-5-15(11-17)8-10-21(26(2,23)24)14-18(22)20-13-16-6-4-9-19-12-16/h3-7,9,11-12H,8,10,13-14H2,1-2H3,(H,20,22). The molecule has 1 aromatic carbocycles. The van der Waals surface area contributed by atoms with Gasteiger partial charge in [0.15, 0.2) is 0 Å². The predicted molar refractivity (Wildman–Crippen MR) is 99.2 cm³/mol. The number of pyridine rings is 1. The van der Waals surface area contributed by atoms with Crippen LogP contribution in [-0.4, -0.2) is 50.1 Å². The van der Waals surface area contributed by atoms with Crippen LogP contribution < -0.4 is 10.1 Å². The molecule has 26 heavy (non-hydrogen) atoms. The molecule has 1 amide bonds. The third-order valence-corrected chi connectivity index (χ3v) is 5.04. The number of hydrogen-bond donors (Lipinski definition) is 1. The van der Waals surface area contributed by atoms with Gasteiger partial charge in [-0.1, -0.05) is 18.2 Å². The summed E-state index contributed by atoms with van der Waals surface area (Å²) in [5.74, 6) is 0.354. The summed E-state index contributed by atoms with van der Waals surface area (Å²) in [5, 5.41) is 2.71. The second-order valence-electron chi connectivity index (χ2n) is 5.84. The fourth-order valence-corrected chi connectivity index (χ4v) is 3.14. The maximum absolute atomic E-state index is 12.1. The van der Waals surface area contributed by atoms with Crippen molar-refractivity contribution in [2.75, 3.05) is 26.5 Å². The van der Waals surface area contributed by atoms with Crippen molar-refractivity contribution in [3.63, 3.8) is 0 Å². The zero-order valence-electron chi connectivity index (χ0n) is 14.9. The minimum Gasteiger partial charge on any atom is -0.497 e. The first-order chi connectivity index (χ1) is 12.4. The average Bonchev–Trinajstić information content (AvgIpc) is 2.63. The van der Waals surface area contributed by atoms with Gasteiger partial charge in [0, 0.05) is 25.5 Å². The molecule has 0 radical (unpaired) electrons. The van der Waals surface area contributed by atoms with Crippen LogP contribution in [0.4, 0.5) is 0 Å². The van der Waals surface area contributed by atoms with E-state index in [0.717, 1.165) is 17.4 Å². The molecule has 0 aliphatic heterocycles. The number of amides is 1. The van der Waals surface area contributed by atoms with Crippen molar-refractivity contribution in [1.82, 2.24) is 14.6 Å². The molecule has 0 unspecified atom stereocenters. The summed E-state index contributed by atoms with van der Waals surface area (Å²) < 4.78 is 30.3. The first-order valence-electron chi connectivity index (χ1n) is 8.12. The number of nitrogens with one attached hydrogen (secondary N) is 1. The number of methoxy groups -OCH3 is 1. The van der Waals surface area contributed by atoms with Gasteiger partial charge in [-0.3, -0.25) is 9.78 Å². The summed E-state index contributed by atoms with van der Waals surface area (Å²) in [4.78, 5) is 16.1. The molecule has 0 aliphatic carbocycles. The van der Waals surface area contributed by atoms with Gasteiger partial charge < -0.3 is 10.1 Å². The lowest BCUT2D eigenvalue weighted by Crippen LogP contribution is -2.41. The average molecular weight is 377 g/mol. The number of aromatic nitrogens is 1. The van der Waals surface area contributed by atoms with Gasteiger partial charge in [0.1, 0.15) is 5.75 Å².